The molecular weight excluding hydrogens is 400 g/mol. The molecule has 28 heavy (non-hydrogen) atoms. The Bertz CT molecular complexity index is 1080. The predicted molar refractivity (Wildman–Crippen MR) is 108 cm³/mol. The maximum absolute atomic E-state index is 13.4. The van der Waals surface area contributed by atoms with E-state index in [-0.39, 0.29) is 11.6 Å². The summed E-state index contributed by atoms with van der Waals surface area (Å²) in [6.45, 7) is 0. The fourth-order valence-corrected chi connectivity index (χ4v) is 3.73. The second-order valence-electron chi connectivity index (χ2n) is 6.04. The highest BCUT2D eigenvalue weighted by atomic mass is 35.5. The predicted octanol–water partition coefficient (Wildman–Crippen LogP) is 6.16. The SMILES string of the molecule is Fc1ccc(CSc2nnc(-c3ccc(Cl)cc3)n2-c2ccc(F)cc2)cc1. The van der Waals surface area contributed by atoms with Gasteiger partial charge in [-0.15, -0.1) is 10.2 Å². The molecule has 0 atom stereocenters. The van der Waals surface area contributed by atoms with E-state index in [1.165, 1.54) is 36.0 Å². The summed E-state index contributed by atoms with van der Waals surface area (Å²) in [5, 5.41) is 9.94. The highest BCUT2D eigenvalue weighted by Gasteiger charge is 2.16. The first-order chi connectivity index (χ1) is 13.6. The molecule has 3 aromatic carbocycles. The molecule has 0 radical (unpaired) electrons. The summed E-state index contributed by atoms with van der Waals surface area (Å²) in [5.41, 5.74) is 2.56. The lowest BCUT2D eigenvalue weighted by Gasteiger charge is -2.10. The number of benzene rings is 3. The fraction of sp³-hybridized carbons (Fsp3) is 0.0476. The van der Waals surface area contributed by atoms with Crippen molar-refractivity contribution >= 4 is 23.4 Å². The summed E-state index contributed by atoms with van der Waals surface area (Å²) in [7, 11) is 0. The Balaban J connectivity index is 1.72. The molecule has 0 bridgehead atoms. The Labute approximate surface area is 170 Å². The molecule has 4 rings (SSSR count). The smallest absolute Gasteiger partial charge is 0.196 e. The molecule has 0 aliphatic carbocycles. The van der Waals surface area contributed by atoms with Gasteiger partial charge in [0.1, 0.15) is 11.6 Å². The van der Waals surface area contributed by atoms with Crippen molar-refractivity contribution in [1.29, 1.82) is 0 Å². The lowest BCUT2D eigenvalue weighted by Crippen LogP contribution is -2.00. The van der Waals surface area contributed by atoms with E-state index in [9.17, 15) is 8.78 Å². The van der Waals surface area contributed by atoms with Crippen LogP contribution in [0.4, 0.5) is 8.78 Å². The summed E-state index contributed by atoms with van der Waals surface area (Å²) in [4.78, 5) is 0. The van der Waals surface area contributed by atoms with E-state index in [1.807, 2.05) is 16.7 Å². The molecule has 0 N–H and O–H groups in total. The molecule has 1 aromatic heterocycles. The molecule has 0 aliphatic rings. The van der Waals surface area contributed by atoms with Crippen molar-refractivity contribution < 1.29 is 8.78 Å². The maximum Gasteiger partial charge on any atom is 0.196 e. The minimum Gasteiger partial charge on any atom is -0.270 e. The number of aromatic nitrogens is 3. The Morgan fingerprint density at radius 3 is 2.04 bits per heavy atom. The molecule has 0 fully saturated rings. The molecule has 1 heterocycles. The minimum absolute atomic E-state index is 0.270. The molecule has 0 spiro atoms. The molecule has 0 unspecified atom stereocenters. The van der Waals surface area contributed by atoms with Gasteiger partial charge in [0.25, 0.3) is 0 Å². The number of rotatable bonds is 5. The van der Waals surface area contributed by atoms with Gasteiger partial charge in [-0.25, -0.2) is 8.78 Å². The van der Waals surface area contributed by atoms with Crippen molar-refractivity contribution in [3.63, 3.8) is 0 Å². The first kappa shape index (κ1) is 18.7. The van der Waals surface area contributed by atoms with Gasteiger partial charge in [0, 0.05) is 22.0 Å². The van der Waals surface area contributed by atoms with Crippen molar-refractivity contribution in [2.45, 2.75) is 10.9 Å². The van der Waals surface area contributed by atoms with Crippen LogP contribution in [0.15, 0.2) is 78.0 Å². The fourth-order valence-electron chi connectivity index (χ4n) is 2.70. The molecule has 0 amide bonds. The number of nitrogens with zero attached hydrogens (tertiary/aromatic N) is 3. The van der Waals surface area contributed by atoms with Gasteiger partial charge in [-0.3, -0.25) is 4.57 Å². The van der Waals surface area contributed by atoms with Crippen LogP contribution in [-0.2, 0) is 5.75 Å². The zero-order valence-corrected chi connectivity index (χ0v) is 16.1. The second kappa shape index (κ2) is 8.12. The van der Waals surface area contributed by atoms with Crippen molar-refractivity contribution in [3.05, 3.63) is 95.0 Å². The first-order valence-corrected chi connectivity index (χ1v) is 9.81. The van der Waals surface area contributed by atoms with Crippen molar-refractivity contribution in [2.24, 2.45) is 0 Å². The lowest BCUT2D eigenvalue weighted by molar-refractivity contribution is 0.626. The van der Waals surface area contributed by atoms with E-state index in [0.717, 1.165) is 16.8 Å². The van der Waals surface area contributed by atoms with Gasteiger partial charge in [-0.2, -0.15) is 0 Å². The van der Waals surface area contributed by atoms with Crippen LogP contribution in [0.5, 0.6) is 0 Å². The van der Waals surface area contributed by atoms with Crippen molar-refractivity contribution in [2.75, 3.05) is 0 Å². The number of hydrogen-bond donors (Lipinski definition) is 0. The zero-order chi connectivity index (χ0) is 19.5. The van der Waals surface area contributed by atoms with Crippen LogP contribution in [-0.4, -0.2) is 14.8 Å². The molecule has 0 saturated heterocycles. The quantitative estimate of drug-likeness (QED) is 0.367. The average molecular weight is 414 g/mol. The molecule has 140 valence electrons. The lowest BCUT2D eigenvalue weighted by atomic mass is 10.2. The number of halogens is 3. The first-order valence-electron chi connectivity index (χ1n) is 8.45. The third-order valence-corrected chi connectivity index (χ3v) is 5.35. The third kappa shape index (κ3) is 4.08. The van der Waals surface area contributed by atoms with Crippen LogP contribution >= 0.6 is 23.4 Å². The summed E-state index contributed by atoms with van der Waals surface area (Å²) in [5.74, 6) is 0.642. The molecule has 3 nitrogen and oxygen atoms in total. The van der Waals surface area contributed by atoms with Gasteiger partial charge in [0.2, 0.25) is 0 Å². The summed E-state index contributed by atoms with van der Waals surface area (Å²) < 4.78 is 28.4. The van der Waals surface area contributed by atoms with E-state index in [4.69, 9.17) is 11.6 Å². The summed E-state index contributed by atoms with van der Waals surface area (Å²) >= 11 is 7.46. The molecule has 0 saturated carbocycles. The van der Waals surface area contributed by atoms with E-state index < -0.39 is 0 Å². The molecule has 0 aliphatic heterocycles. The van der Waals surface area contributed by atoms with Gasteiger partial charge in [0.05, 0.1) is 0 Å². The normalized spacial score (nSPS) is 11.0. The second-order valence-corrected chi connectivity index (χ2v) is 7.42. The van der Waals surface area contributed by atoms with Crippen molar-refractivity contribution in [3.8, 4) is 17.1 Å². The molecular formula is C21H14ClF2N3S. The van der Waals surface area contributed by atoms with Gasteiger partial charge >= 0.3 is 0 Å². The van der Waals surface area contributed by atoms with E-state index in [1.54, 1.807) is 36.4 Å². The van der Waals surface area contributed by atoms with E-state index in [0.29, 0.717) is 21.8 Å². The van der Waals surface area contributed by atoms with Crippen LogP contribution in [0.2, 0.25) is 5.02 Å². The van der Waals surface area contributed by atoms with Gasteiger partial charge in [0.15, 0.2) is 11.0 Å². The number of thioether (sulfide) groups is 1. The Morgan fingerprint density at radius 1 is 0.786 bits per heavy atom. The largest absolute Gasteiger partial charge is 0.270 e. The maximum atomic E-state index is 13.4. The summed E-state index contributed by atoms with van der Waals surface area (Å²) in [6.07, 6.45) is 0. The summed E-state index contributed by atoms with van der Waals surface area (Å²) in [6, 6.07) is 19.8. The van der Waals surface area contributed by atoms with Crippen LogP contribution in [0.25, 0.3) is 17.1 Å². The number of hydrogen-bond acceptors (Lipinski definition) is 3. The standard InChI is InChI=1S/C21H14ClF2N3S/c22-16-5-3-15(4-6-16)20-25-26-21(27(20)19-11-9-18(24)10-12-19)28-13-14-1-7-17(23)8-2-14/h1-12H,13H2. The van der Waals surface area contributed by atoms with Crippen LogP contribution in [0.1, 0.15) is 5.56 Å². The van der Waals surface area contributed by atoms with Gasteiger partial charge in [-0.05, 0) is 66.2 Å². The Hall–Kier alpha value is -2.70. The van der Waals surface area contributed by atoms with E-state index >= 15 is 0 Å². The highest BCUT2D eigenvalue weighted by Crippen LogP contribution is 2.30. The Kier molecular flexibility index (Phi) is 5.41. The third-order valence-electron chi connectivity index (χ3n) is 4.10. The minimum atomic E-state index is -0.314. The van der Waals surface area contributed by atoms with Gasteiger partial charge < -0.3 is 0 Å². The Morgan fingerprint density at radius 2 is 1.39 bits per heavy atom. The van der Waals surface area contributed by atoms with Gasteiger partial charge in [-0.1, -0.05) is 35.5 Å². The monoisotopic (exact) mass is 413 g/mol. The van der Waals surface area contributed by atoms with Crippen LogP contribution in [0, 0.1) is 11.6 Å². The zero-order valence-electron chi connectivity index (χ0n) is 14.5. The van der Waals surface area contributed by atoms with Crippen LogP contribution in [0.3, 0.4) is 0 Å². The molecule has 4 aromatic rings. The molecule has 7 heteroatoms. The van der Waals surface area contributed by atoms with Crippen molar-refractivity contribution in [1.82, 2.24) is 14.8 Å². The van der Waals surface area contributed by atoms with Crippen LogP contribution < -0.4 is 0 Å². The van der Waals surface area contributed by atoms with E-state index in [2.05, 4.69) is 10.2 Å². The topological polar surface area (TPSA) is 30.7 Å². The average Bonchev–Trinajstić information content (AvgIpc) is 3.13. The highest BCUT2D eigenvalue weighted by molar-refractivity contribution is 7.98.